The molecule has 2 heterocycles. The van der Waals surface area contributed by atoms with E-state index in [4.69, 9.17) is 47.4 Å². The van der Waals surface area contributed by atoms with Crippen LogP contribution in [-0.4, -0.2) is 79.4 Å². The van der Waals surface area contributed by atoms with Crippen LogP contribution in [0, 0.1) is 0 Å². The molecule has 4 aromatic carbocycles. The first-order valence-electron chi connectivity index (χ1n) is 14.8. The van der Waals surface area contributed by atoms with Crippen LogP contribution in [0.1, 0.15) is 41.4 Å². The van der Waals surface area contributed by atoms with Gasteiger partial charge in [-0.25, -0.2) is 0 Å². The number of hydrogen-bond acceptors (Lipinski definition) is 14. The minimum Gasteiger partial charge on any atom is -0.493 e. The third kappa shape index (κ3) is 5.70. The number of methoxy groups -OCH3 is 6. The summed E-state index contributed by atoms with van der Waals surface area (Å²) in [7, 11) is 8.25. The van der Waals surface area contributed by atoms with Crippen LogP contribution < -0.4 is 47.4 Å². The summed E-state index contributed by atoms with van der Waals surface area (Å²) >= 11 is 0. The zero-order valence-corrected chi connectivity index (χ0v) is 27.7. The van der Waals surface area contributed by atoms with Crippen molar-refractivity contribution in [2.45, 2.75) is 0 Å². The lowest BCUT2D eigenvalue weighted by molar-refractivity contribution is 0.0815. The highest BCUT2D eigenvalue weighted by atomic mass is 16.7. The summed E-state index contributed by atoms with van der Waals surface area (Å²) in [6.45, 7) is -0.185. The number of benzene rings is 4. The summed E-state index contributed by atoms with van der Waals surface area (Å²) in [6, 6.07) is 10.9. The Bertz CT molecular complexity index is 1920. The Morgan fingerprint density at radius 3 is 1.10 bits per heavy atom. The van der Waals surface area contributed by atoms with E-state index in [1.807, 2.05) is 0 Å². The van der Waals surface area contributed by atoms with Crippen LogP contribution in [0.2, 0.25) is 0 Å². The molecule has 0 saturated carbocycles. The molecule has 0 fully saturated rings. The minimum absolute atomic E-state index is 0.0487. The van der Waals surface area contributed by atoms with Crippen molar-refractivity contribution in [3.8, 4) is 68.6 Å². The largest absolute Gasteiger partial charge is 0.493 e. The number of carbonyl (C=O) groups is 4. The van der Waals surface area contributed by atoms with Crippen LogP contribution in [0.4, 0.5) is 0 Å². The lowest BCUT2D eigenvalue weighted by atomic mass is 9.87. The van der Waals surface area contributed by atoms with Gasteiger partial charge in [-0.15, -0.1) is 0 Å². The smallest absolute Gasteiger partial charge is 0.234 e. The lowest BCUT2D eigenvalue weighted by Gasteiger charge is -2.19. The van der Waals surface area contributed by atoms with Gasteiger partial charge in [0.25, 0.3) is 0 Å². The molecule has 0 bridgehead atoms. The van der Waals surface area contributed by atoms with Gasteiger partial charge in [0, 0.05) is 22.3 Å². The molecule has 0 N–H and O–H groups in total. The van der Waals surface area contributed by atoms with Crippen molar-refractivity contribution >= 4 is 23.1 Å². The molecule has 0 aromatic heterocycles. The average Bonchev–Trinajstić information content (AvgIpc) is 3.85. The highest BCUT2D eigenvalue weighted by Gasteiger charge is 2.32. The molecule has 0 saturated heterocycles. The van der Waals surface area contributed by atoms with Crippen LogP contribution >= 0.6 is 0 Å². The van der Waals surface area contributed by atoms with E-state index in [1.165, 1.54) is 91.2 Å². The summed E-state index contributed by atoms with van der Waals surface area (Å²) in [4.78, 5) is 56.1. The highest BCUT2D eigenvalue weighted by molar-refractivity contribution is 6.52. The van der Waals surface area contributed by atoms with Gasteiger partial charge in [0.15, 0.2) is 46.0 Å². The van der Waals surface area contributed by atoms with Crippen molar-refractivity contribution < 1.29 is 66.5 Å². The average molecular weight is 687 g/mol. The van der Waals surface area contributed by atoms with E-state index < -0.39 is 23.1 Å². The van der Waals surface area contributed by atoms with Crippen LogP contribution in [0.15, 0.2) is 48.5 Å². The fourth-order valence-electron chi connectivity index (χ4n) is 5.61. The number of rotatable bonds is 13. The Labute approximate surface area is 285 Å². The van der Waals surface area contributed by atoms with E-state index in [0.29, 0.717) is 11.5 Å². The molecule has 0 aliphatic carbocycles. The molecular weight excluding hydrogens is 656 g/mol. The Hall–Kier alpha value is -6.44. The monoisotopic (exact) mass is 686 g/mol. The molecule has 50 heavy (non-hydrogen) atoms. The van der Waals surface area contributed by atoms with E-state index in [0.717, 1.165) is 0 Å². The van der Waals surface area contributed by atoms with E-state index in [-0.39, 0.29) is 93.0 Å². The SMILES string of the molecule is COc1cc(C(=O)C(=O)c2cc(OC)c3c(c2)OCO3)c(-c2cc(OC)c(OC)cc2C(=O)C(=O)c2cc(OC)c3c(c2)OCO3)cc1OC. The number of carbonyl (C=O) groups excluding carboxylic acids is 4. The molecule has 6 rings (SSSR count). The Kier molecular flexibility index (Phi) is 9.09. The van der Waals surface area contributed by atoms with Crippen molar-refractivity contribution in [2.24, 2.45) is 0 Å². The summed E-state index contributed by atoms with van der Waals surface area (Å²) < 4.78 is 54.4. The zero-order chi connectivity index (χ0) is 35.7. The molecule has 4 aromatic rings. The maximum absolute atomic E-state index is 14.2. The van der Waals surface area contributed by atoms with E-state index >= 15 is 0 Å². The van der Waals surface area contributed by atoms with Crippen molar-refractivity contribution in [3.63, 3.8) is 0 Å². The fraction of sp³-hybridized carbons (Fsp3) is 0.222. The van der Waals surface area contributed by atoms with Crippen molar-refractivity contribution in [1.82, 2.24) is 0 Å². The van der Waals surface area contributed by atoms with Gasteiger partial charge in [0.1, 0.15) is 0 Å². The minimum atomic E-state index is -0.984. The molecule has 258 valence electrons. The van der Waals surface area contributed by atoms with Gasteiger partial charge in [-0.2, -0.15) is 0 Å². The summed E-state index contributed by atoms with van der Waals surface area (Å²) in [5, 5.41) is 0. The number of ketones is 4. The van der Waals surface area contributed by atoms with E-state index in [1.54, 1.807) is 0 Å². The van der Waals surface area contributed by atoms with Crippen LogP contribution in [0.5, 0.6) is 57.5 Å². The standard InChI is InChI=1S/C36H30O14/c1-41-23-11-19(21(13-25(23)43-3)33(39)31(37)17-7-27(45-5)35-29(9-17)47-15-49-35)20-12-24(42-2)26(44-4)14-22(20)34(40)32(38)18-8-28(46-6)36-30(10-18)48-16-50-36/h7-14H,15-16H2,1-6H3. The second-order valence-corrected chi connectivity index (χ2v) is 10.6. The maximum Gasteiger partial charge on any atom is 0.234 e. The molecule has 2 aliphatic heterocycles. The van der Waals surface area contributed by atoms with E-state index in [2.05, 4.69) is 0 Å². The van der Waals surface area contributed by atoms with Gasteiger partial charge >= 0.3 is 0 Å². The van der Waals surface area contributed by atoms with Crippen LogP contribution in [0.3, 0.4) is 0 Å². The molecule has 14 nitrogen and oxygen atoms in total. The topological polar surface area (TPSA) is 161 Å². The highest BCUT2D eigenvalue weighted by Crippen LogP contribution is 2.45. The predicted molar refractivity (Wildman–Crippen MR) is 174 cm³/mol. The van der Waals surface area contributed by atoms with E-state index in [9.17, 15) is 19.2 Å². The van der Waals surface area contributed by atoms with Gasteiger partial charge in [0.2, 0.25) is 48.2 Å². The zero-order valence-electron chi connectivity index (χ0n) is 27.7. The first kappa shape index (κ1) is 33.5. The molecule has 0 spiro atoms. The predicted octanol–water partition coefficient (Wildman–Crippen LogP) is 4.99. The fourth-order valence-corrected chi connectivity index (χ4v) is 5.61. The normalized spacial score (nSPS) is 12.2. The summed E-state index contributed by atoms with van der Waals surface area (Å²) in [6.07, 6.45) is 0. The third-order valence-corrected chi connectivity index (χ3v) is 8.08. The Morgan fingerprint density at radius 1 is 0.420 bits per heavy atom. The molecule has 14 heteroatoms. The van der Waals surface area contributed by atoms with Gasteiger partial charge in [-0.1, -0.05) is 0 Å². The third-order valence-electron chi connectivity index (χ3n) is 8.08. The van der Waals surface area contributed by atoms with Crippen LogP contribution in [0.25, 0.3) is 11.1 Å². The molecular formula is C36H30O14. The lowest BCUT2D eigenvalue weighted by Crippen LogP contribution is -2.18. The van der Waals surface area contributed by atoms with Gasteiger partial charge in [-0.05, 0) is 59.7 Å². The quantitative estimate of drug-likeness (QED) is 0.137. The second kappa shape index (κ2) is 13.6. The number of hydrogen-bond donors (Lipinski definition) is 0. The molecule has 2 aliphatic rings. The molecule has 0 atom stereocenters. The van der Waals surface area contributed by atoms with Crippen molar-refractivity contribution in [3.05, 3.63) is 70.8 Å². The maximum atomic E-state index is 14.2. The number of Topliss-reactive ketones (excluding diaryl/α,β-unsaturated/α-hetero) is 4. The molecule has 0 amide bonds. The van der Waals surface area contributed by atoms with Gasteiger partial charge < -0.3 is 47.4 Å². The second-order valence-electron chi connectivity index (χ2n) is 10.6. The first-order valence-corrected chi connectivity index (χ1v) is 14.8. The van der Waals surface area contributed by atoms with Gasteiger partial charge in [-0.3, -0.25) is 19.2 Å². The van der Waals surface area contributed by atoms with Crippen molar-refractivity contribution in [1.29, 1.82) is 0 Å². The van der Waals surface area contributed by atoms with Crippen LogP contribution in [-0.2, 0) is 0 Å². The first-order chi connectivity index (χ1) is 24.2. The molecule has 0 radical (unpaired) electrons. The Morgan fingerprint density at radius 2 is 0.760 bits per heavy atom. The number of ether oxygens (including phenoxy) is 10. The summed E-state index contributed by atoms with van der Waals surface area (Å²) in [5.74, 6) is -1.87. The van der Waals surface area contributed by atoms with Gasteiger partial charge in [0.05, 0.1) is 42.7 Å². The molecule has 0 unspecified atom stereocenters. The Balaban J connectivity index is 1.53. The summed E-state index contributed by atoms with van der Waals surface area (Å²) in [5.41, 5.74) is -0.353. The number of fused-ring (bicyclic) bond motifs is 2. The van der Waals surface area contributed by atoms with Crippen molar-refractivity contribution in [2.75, 3.05) is 56.2 Å².